The van der Waals surface area contributed by atoms with Gasteiger partial charge in [-0.1, -0.05) is 0 Å². The van der Waals surface area contributed by atoms with Crippen molar-refractivity contribution in [2.75, 3.05) is 23.0 Å². The van der Waals surface area contributed by atoms with E-state index >= 15 is 0 Å². The van der Waals surface area contributed by atoms with E-state index in [4.69, 9.17) is 11.0 Å². The first-order valence-corrected chi connectivity index (χ1v) is 14.4. The summed E-state index contributed by atoms with van der Waals surface area (Å²) < 4.78 is 23.1. The van der Waals surface area contributed by atoms with Crippen LogP contribution in [0, 0.1) is 0 Å². The normalized spacial score (nSPS) is 17.9. The molecule has 0 heterocycles. The lowest BCUT2D eigenvalue weighted by molar-refractivity contribution is 0.426. The highest BCUT2D eigenvalue weighted by molar-refractivity contribution is 8.00. The van der Waals surface area contributed by atoms with E-state index in [1.807, 2.05) is 23.5 Å². The molecule has 0 rings (SSSR count). The molecule has 0 saturated carbocycles. The lowest BCUT2D eigenvalue weighted by Gasteiger charge is -2.26. The van der Waals surface area contributed by atoms with Gasteiger partial charge in [-0.25, -0.2) is 0 Å². The summed E-state index contributed by atoms with van der Waals surface area (Å²) in [4.78, 5) is 18.9. The van der Waals surface area contributed by atoms with E-state index < -0.39 is 25.4 Å². The van der Waals surface area contributed by atoms with Crippen molar-refractivity contribution in [3.8, 4) is 0 Å². The lowest BCUT2D eigenvalue weighted by Crippen LogP contribution is -2.24. The Balaban J connectivity index is 3.58. The van der Waals surface area contributed by atoms with Crippen LogP contribution in [0.5, 0.6) is 0 Å². The maximum atomic E-state index is 11.5. The van der Waals surface area contributed by atoms with E-state index in [2.05, 4.69) is 0 Å². The van der Waals surface area contributed by atoms with Crippen molar-refractivity contribution in [2.45, 2.75) is 70.1 Å². The van der Waals surface area contributed by atoms with Crippen LogP contribution >= 0.6 is 38.6 Å². The summed E-state index contributed by atoms with van der Waals surface area (Å²) in [6.07, 6.45) is 4.21. The third-order valence-corrected chi connectivity index (χ3v) is 10.7. The average Bonchev–Trinajstić information content (AvgIpc) is 2.42. The van der Waals surface area contributed by atoms with Crippen LogP contribution in [0.1, 0.15) is 59.8 Å². The van der Waals surface area contributed by atoms with Crippen LogP contribution in [0.4, 0.5) is 0 Å². The molecule has 0 bridgehead atoms. The molecule has 25 heavy (non-hydrogen) atoms. The maximum absolute atomic E-state index is 11.5. The van der Waals surface area contributed by atoms with Crippen LogP contribution in [0.15, 0.2) is 0 Å². The summed E-state index contributed by atoms with van der Waals surface area (Å²) in [6.45, 7) is 6.99. The molecule has 0 fully saturated rings. The van der Waals surface area contributed by atoms with Crippen molar-refractivity contribution >= 4 is 38.6 Å². The fourth-order valence-electron chi connectivity index (χ4n) is 2.00. The monoisotopic (exact) mass is 434 g/mol. The van der Waals surface area contributed by atoms with Gasteiger partial charge in [0.05, 0.1) is 10.3 Å². The molecule has 6 N–H and O–H groups in total. The Kier molecular flexibility index (Phi) is 11.6. The zero-order chi connectivity index (χ0) is 19.8. The van der Waals surface area contributed by atoms with E-state index in [1.54, 1.807) is 27.7 Å². The van der Waals surface area contributed by atoms with Crippen LogP contribution in [0.25, 0.3) is 0 Å². The van der Waals surface area contributed by atoms with Gasteiger partial charge in [-0.2, -0.15) is 23.5 Å². The predicted octanol–water partition coefficient (Wildman–Crippen LogP) is 4.25. The minimum atomic E-state index is -3.52. The molecule has 0 radical (unpaired) electrons. The van der Waals surface area contributed by atoms with Gasteiger partial charge in [0.1, 0.15) is 0 Å². The maximum Gasteiger partial charge on any atom is 0.270 e. The number of nitrogens with two attached hydrogens (primary N) is 2. The highest BCUT2D eigenvalue weighted by atomic mass is 32.2. The zero-order valence-electron chi connectivity index (χ0n) is 15.9. The van der Waals surface area contributed by atoms with Crippen molar-refractivity contribution in [2.24, 2.45) is 11.0 Å². The second-order valence-electron chi connectivity index (χ2n) is 7.66. The van der Waals surface area contributed by atoms with Gasteiger partial charge >= 0.3 is 0 Å². The summed E-state index contributed by atoms with van der Waals surface area (Å²) >= 11 is 3.73. The molecule has 0 aromatic heterocycles. The summed E-state index contributed by atoms with van der Waals surface area (Å²) in [6, 6.07) is 0. The largest absolute Gasteiger partial charge is 0.333 e. The zero-order valence-corrected chi connectivity index (χ0v) is 19.4. The third-order valence-electron chi connectivity index (χ3n) is 4.47. The van der Waals surface area contributed by atoms with E-state index in [-0.39, 0.29) is 0 Å². The van der Waals surface area contributed by atoms with Crippen LogP contribution in [-0.4, -0.2) is 43.1 Å². The van der Waals surface area contributed by atoms with Gasteiger partial charge in [0.25, 0.3) is 15.0 Å². The van der Waals surface area contributed by atoms with Crippen molar-refractivity contribution in [1.82, 2.24) is 0 Å². The van der Waals surface area contributed by atoms with Crippen molar-refractivity contribution in [3.63, 3.8) is 0 Å². The highest BCUT2D eigenvalue weighted by Crippen LogP contribution is 2.50. The molecule has 152 valence electrons. The van der Waals surface area contributed by atoms with Crippen LogP contribution < -0.4 is 11.0 Å². The van der Waals surface area contributed by atoms with Gasteiger partial charge in [0, 0.05) is 0 Å². The minimum absolute atomic E-state index is 0.657. The molecule has 0 aromatic carbocycles. The smallest absolute Gasteiger partial charge is 0.270 e. The highest BCUT2D eigenvalue weighted by Gasteiger charge is 2.35. The third kappa shape index (κ3) is 10.8. The van der Waals surface area contributed by atoms with E-state index in [1.165, 1.54) is 0 Å². The molecule has 0 aliphatic rings. The number of hydrogen-bond acceptors (Lipinski definition) is 4. The van der Waals surface area contributed by atoms with Gasteiger partial charge in [0.15, 0.2) is 0 Å². The summed E-state index contributed by atoms with van der Waals surface area (Å²) in [7, 11) is -7.04. The molecule has 10 heteroatoms. The Hall–Kier alpha value is 1.000. The summed E-state index contributed by atoms with van der Waals surface area (Å²) in [5, 5.41) is -1.42. The minimum Gasteiger partial charge on any atom is -0.333 e. The Morgan fingerprint density at radius 1 is 0.720 bits per heavy atom. The van der Waals surface area contributed by atoms with Gasteiger partial charge in [-0.3, -0.25) is 20.1 Å². The molecule has 0 aliphatic carbocycles. The Labute approximate surface area is 161 Å². The second kappa shape index (κ2) is 11.1. The molecule has 6 nitrogen and oxygen atoms in total. The standard InChI is InChI=1S/C15H36N2O4P2S2/c1-14(2,22(16,18)19)8-5-10-24-12-7-13-25-11-6-9-15(3,4)23(17,20)21/h5-13H2,1-4H3,(H3,16,18,19)(H3,17,20,21). The van der Waals surface area contributed by atoms with Crippen LogP contribution in [0.3, 0.4) is 0 Å². The van der Waals surface area contributed by atoms with Gasteiger partial charge in [0.2, 0.25) is 0 Å². The molecule has 0 amide bonds. The molecule has 0 spiro atoms. The summed E-state index contributed by atoms with van der Waals surface area (Å²) in [5.41, 5.74) is 10.7. The number of thioether (sulfide) groups is 2. The topological polar surface area (TPSA) is 127 Å². The SMILES string of the molecule is CC(C)(CCCSCCCSCCCC(C)(C)P(N)(=O)O)P(N)(=O)O. The molecular weight excluding hydrogens is 398 g/mol. The molecular formula is C15H36N2O4P2S2. The van der Waals surface area contributed by atoms with Gasteiger partial charge < -0.3 is 9.79 Å². The van der Waals surface area contributed by atoms with Crippen LogP contribution in [0.2, 0.25) is 0 Å². The molecule has 0 aromatic rings. The quantitative estimate of drug-likeness (QED) is 0.236. The molecule has 2 unspecified atom stereocenters. The Morgan fingerprint density at radius 3 is 1.28 bits per heavy atom. The number of hydrogen-bond donors (Lipinski definition) is 4. The van der Waals surface area contributed by atoms with Gasteiger partial charge in [-0.15, -0.1) is 0 Å². The fourth-order valence-corrected chi connectivity index (χ4v) is 4.94. The van der Waals surface area contributed by atoms with E-state index in [0.29, 0.717) is 12.8 Å². The van der Waals surface area contributed by atoms with E-state index in [0.717, 1.165) is 42.3 Å². The predicted molar refractivity (Wildman–Crippen MR) is 114 cm³/mol. The first-order valence-electron chi connectivity index (χ1n) is 8.59. The fraction of sp³-hybridized carbons (Fsp3) is 1.00. The first-order chi connectivity index (χ1) is 11.2. The van der Waals surface area contributed by atoms with E-state index in [9.17, 15) is 18.9 Å². The second-order valence-corrected chi connectivity index (χ2v) is 15.0. The molecule has 2 atom stereocenters. The molecule has 0 aliphatic heterocycles. The van der Waals surface area contributed by atoms with Crippen molar-refractivity contribution < 1.29 is 18.9 Å². The number of rotatable bonds is 14. The van der Waals surface area contributed by atoms with Gasteiger partial charge in [-0.05, 0) is 82.8 Å². The molecule has 0 saturated heterocycles. The van der Waals surface area contributed by atoms with Crippen molar-refractivity contribution in [3.05, 3.63) is 0 Å². The first kappa shape index (κ1) is 26.0. The lowest BCUT2D eigenvalue weighted by atomic mass is 10.1. The Morgan fingerprint density at radius 2 is 1.00 bits per heavy atom. The average molecular weight is 435 g/mol. The Bertz CT molecular complexity index is 436. The van der Waals surface area contributed by atoms with Crippen LogP contribution in [-0.2, 0) is 9.13 Å². The van der Waals surface area contributed by atoms with Crippen molar-refractivity contribution in [1.29, 1.82) is 0 Å². The summed E-state index contributed by atoms with van der Waals surface area (Å²) in [5.74, 6) is 4.11.